The number of hydrogen-bond donors (Lipinski definition) is 1. The molecule has 31 heavy (non-hydrogen) atoms. The molecule has 1 aliphatic heterocycles. The van der Waals surface area contributed by atoms with Crippen LogP contribution in [0.2, 0.25) is 0 Å². The van der Waals surface area contributed by atoms with Crippen LogP contribution in [-0.2, 0) is 11.3 Å². The number of nitrogens with zero attached hydrogens (tertiary/aromatic N) is 5. The molecule has 1 saturated heterocycles. The molecule has 9 nitrogen and oxygen atoms in total. The van der Waals surface area contributed by atoms with Crippen LogP contribution in [0.25, 0.3) is 5.69 Å². The zero-order valence-electron chi connectivity index (χ0n) is 17.2. The molecular formula is C22H22N6O3. The summed E-state index contributed by atoms with van der Waals surface area (Å²) in [5, 5.41) is 6.60. The monoisotopic (exact) mass is 418 g/mol. The van der Waals surface area contributed by atoms with Crippen molar-refractivity contribution in [2.24, 2.45) is 0 Å². The van der Waals surface area contributed by atoms with Crippen LogP contribution in [0.5, 0.6) is 0 Å². The summed E-state index contributed by atoms with van der Waals surface area (Å²) in [6, 6.07) is 14.2. The Morgan fingerprint density at radius 2 is 1.84 bits per heavy atom. The van der Waals surface area contributed by atoms with Crippen LogP contribution >= 0.6 is 0 Å². The third-order valence-electron chi connectivity index (χ3n) is 5.44. The zero-order chi connectivity index (χ0) is 22.0. The lowest BCUT2D eigenvalue weighted by Gasteiger charge is -2.26. The highest BCUT2D eigenvalue weighted by atomic mass is 16.2. The first-order valence-corrected chi connectivity index (χ1v) is 9.83. The average molecular weight is 418 g/mol. The summed E-state index contributed by atoms with van der Waals surface area (Å²) < 4.78 is 1.67. The molecule has 0 radical (unpaired) electrons. The van der Waals surface area contributed by atoms with E-state index in [1.54, 1.807) is 47.2 Å². The van der Waals surface area contributed by atoms with Gasteiger partial charge >= 0.3 is 6.03 Å². The van der Waals surface area contributed by atoms with Crippen molar-refractivity contribution in [3.63, 3.8) is 0 Å². The molecule has 0 saturated carbocycles. The normalized spacial score (nSPS) is 14.5. The predicted octanol–water partition coefficient (Wildman–Crippen LogP) is 2.15. The Morgan fingerprint density at radius 3 is 2.42 bits per heavy atom. The first-order valence-electron chi connectivity index (χ1n) is 9.83. The lowest BCUT2D eigenvalue weighted by Crippen LogP contribution is -2.30. The molecule has 1 aromatic heterocycles. The average Bonchev–Trinajstić information content (AvgIpc) is 3.44. The second-order valence-corrected chi connectivity index (χ2v) is 7.36. The van der Waals surface area contributed by atoms with Crippen molar-refractivity contribution >= 4 is 17.8 Å². The molecule has 1 atom stereocenters. The number of nitrogens with one attached hydrogen (secondary N) is 1. The Hall–Kier alpha value is -4.01. The maximum Gasteiger partial charge on any atom is 0.324 e. The van der Waals surface area contributed by atoms with Gasteiger partial charge in [-0.05, 0) is 42.3 Å². The van der Waals surface area contributed by atoms with Gasteiger partial charge in [0.2, 0.25) is 5.91 Å². The van der Waals surface area contributed by atoms with Gasteiger partial charge in [0, 0.05) is 12.6 Å². The van der Waals surface area contributed by atoms with Gasteiger partial charge in [-0.15, -0.1) is 0 Å². The topological polar surface area (TPSA) is 100 Å². The largest absolute Gasteiger partial charge is 0.335 e. The highest BCUT2D eigenvalue weighted by Gasteiger charge is 2.28. The second kappa shape index (κ2) is 8.39. The van der Waals surface area contributed by atoms with Gasteiger partial charge in [0.25, 0.3) is 5.91 Å². The second-order valence-electron chi connectivity index (χ2n) is 7.36. The first-order chi connectivity index (χ1) is 14.9. The highest BCUT2D eigenvalue weighted by Crippen LogP contribution is 2.22. The summed E-state index contributed by atoms with van der Waals surface area (Å²) in [6.45, 7) is 2.18. The number of benzene rings is 2. The third kappa shape index (κ3) is 4.16. The van der Waals surface area contributed by atoms with Crippen molar-refractivity contribution in [3.05, 3.63) is 77.9 Å². The number of carbonyl (C=O) groups excluding carboxylic acids is 3. The fourth-order valence-electron chi connectivity index (χ4n) is 3.40. The third-order valence-corrected chi connectivity index (χ3v) is 5.44. The zero-order valence-corrected chi connectivity index (χ0v) is 17.2. The molecule has 0 aliphatic carbocycles. The van der Waals surface area contributed by atoms with Gasteiger partial charge in [0.1, 0.15) is 12.7 Å². The number of urea groups is 1. The van der Waals surface area contributed by atoms with Crippen LogP contribution in [0.15, 0.2) is 61.2 Å². The first kappa shape index (κ1) is 20.3. The van der Waals surface area contributed by atoms with E-state index < -0.39 is 6.03 Å². The van der Waals surface area contributed by atoms with Gasteiger partial charge in [-0.2, -0.15) is 5.10 Å². The number of carbonyl (C=O) groups is 3. The van der Waals surface area contributed by atoms with Crippen molar-refractivity contribution in [1.29, 1.82) is 0 Å². The van der Waals surface area contributed by atoms with Gasteiger partial charge in [-0.1, -0.05) is 24.3 Å². The van der Waals surface area contributed by atoms with E-state index in [0.717, 1.165) is 21.7 Å². The van der Waals surface area contributed by atoms with E-state index in [4.69, 9.17) is 0 Å². The quantitative estimate of drug-likeness (QED) is 0.618. The minimum Gasteiger partial charge on any atom is -0.335 e. The Labute approximate surface area is 179 Å². The van der Waals surface area contributed by atoms with Gasteiger partial charge in [0.15, 0.2) is 0 Å². The highest BCUT2D eigenvalue weighted by molar-refractivity contribution is 6.01. The molecule has 4 rings (SSSR count). The maximum absolute atomic E-state index is 12.9. The predicted molar refractivity (Wildman–Crippen MR) is 112 cm³/mol. The van der Waals surface area contributed by atoms with E-state index in [9.17, 15) is 14.4 Å². The lowest BCUT2D eigenvalue weighted by molar-refractivity contribution is -0.125. The summed E-state index contributed by atoms with van der Waals surface area (Å²) in [5.74, 6) is -0.372. The molecule has 4 amide bonds. The van der Waals surface area contributed by atoms with Crippen LogP contribution in [0.3, 0.4) is 0 Å². The van der Waals surface area contributed by atoms with Crippen LogP contribution in [0.1, 0.15) is 34.5 Å². The van der Waals surface area contributed by atoms with Crippen LogP contribution < -0.4 is 5.32 Å². The molecule has 2 heterocycles. The van der Waals surface area contributed by atoms with E-state index in [2.05, 4.69) is 15.4 Å². The minimum atomic E-state index is -0.395. The fraction of sp³-hybridized carbons (Fsp3) is 0.227. The number of amides is 4. The van der Waals surface area contributed by atoms with Gasteiger partial charge < -0.3 is 10.2 Å². The molecule has 0 spiro atoms. The molecule has 9 heteroatoms. The van der Waals surface area contributed by atoms with E-state index in [1.807, 2.05) is 31.2 Å². The number of hydrogen-bond acceptors (Lipinski definition) is 5. The van der Waals surface area contributed by atoms with Gasteiger partial charge in [0.05, 0.1) is 24.8 Å². The number of aromatic nitrogens is 3. The standard InChI is InChI=1S/C22H22N6O3/c1-15(17-7-9-19(10-8-17)28-14-23-13-25-28)26(2)21(30)18-5-3-16(4-6-18)12-27-20(29)11-24-22(27)31/h3-10,13-15H,11-12H2,1-2H3,(H,24,31)/t15-/m0/s1. The molecule has 0 bridgehead atoms. The van der Waals surface area contributed by atoms with E-state index >= 15 is 0 Å². The minimum absolute atomic E-state index is 0.0257. The molecule has 0 unspecified atom stereocenters. The lowest BCUT2D eigenvalue weighted by atomic mass is 10.0. The maximum atomic E-state index is 12.9. The van der Waals surface area contributed by atoms with Crippen LogP contribution in [0, 0.1) is 0 Å². The SMILES string of the molecule is C[C@@H](c1ccc(-n2cncn2)cc1)N(C)C(=O)c1ccc(CN2C(=O)CNC2=O)cc1. The van der Waals surface area contributed by atoms with Crippen molar-refractivity contribution in [2.45, 2.75) is 19.5 Å². The molecular weight excluding hydrogens is 396 g/mol. The van der Waals surface area contributed by atoms with Crippen molar-refractivity contribution in [1.82, 2.24) is 29.9 Å². The number of rotatable bonds is 6. The summed E-state index contributed by atoms with van der Waals surface area (Å²) in [4.78, 5) is 43.1. The van der Waals surface area contributed by atoms with Gasteiger partial charge in [-0.25, -0.2) is 14.5 Å². The van der Waals surface area contributed by atoms with Gasteiger partial charge in [-0.3, -0.25) is 14.5 Å². The Bertz CT molecular complexity index is 1080. The molecule has 158 valence electrons. The molecule has 1 N–H and O–H groups in total. The number of imide groups is 1. The van der Waals surface area contributed by atoms with Crippen LogP contribution in [-0.4, -0.2) is 56.0 Å². The van der Waals surface area contributed by atoms with E-state index in [-0.39, 0.29) is 30.9 Å². The van der Waals surface area contributed by atoms with E-state index in [1.165, 1.54) is 6.33 Å². The van der Waals surface area contributed by atoms with Crippen molar-refractivity contribution in [2.75, 3.05) is 13.6 Å². The summed E-state index contributed by atoms with van der Waals surface area (Å²) in [5.41, 5.74) is 3.20. The Balaban J connectivity index is 1.42. The molecule has 3 aromatic rings. The Kier molecular flexibility index (Phi) is 5.48. The van der Waals surface area contributed by atoms with Crippen molar-refractivity contribution < 1.29 is 14.4 Å². The smallest absolute Gasteiger partial charge is 0.324 e. The van der Waals surface area contributed by atoms with Crippen molar-refractivity contribution in [3.8, 4) is 5.69 Å². The van der Waals surface area contributed by atoms with E-state index in [0.29, 0.717) is 5.56 Å². The summed E-state index contributed by atoms with van der Waals surface area (Å²) >= 11 is 0. The molecule has 1 aliphatic rings. The molecule has 2 aromatic carbocycles. The summed E-state index contributed by atoms with van der Waals surface area (Å²) in [6.07, 6.45) is 3.11. The Morgan fingerprint density at radius 1 is 1.13 bits per heavy atom. The molecule has 1 fully saturated rings. The summed E-state index contributed by atoms with van der Waals surface area (Å²) in [7, 11) is 1.76. The fourth-order valence-corrected chi connectivity index (χ4v) is 3.40. The van der Waals surface area contributed by atoms with Crippen LogP contribution in [0.4, 0.5) is 4.79 Å².